The van der Waals surface area contributed by atoms with E-state index in [2.05, 4.69) is 29.6 Å². The van der Waals surface area contributed by atoms with Crippen molar-refractivity contribution in [2.24, 2.45) is 11.8 Å². The molecule has 3 rings (SSSR count). The molecule has 0 bridgehead atoms. The van der Waals surface area contributed by atoms with Gasteiger partial charge in [-0.15, -0.1) is 0 Å². The minimum Gasteiger partial charge on any atom is -0.481 e. The standard InChI is InChI=1S/C19H26N2O3/c1-13-10-16(18(22)23)12-21(11-13)19(24)20-9-8-15-7-6-14-4-2-3-5-17(14)15/h2-5,13,15-16H,6-12H2,1H3,(H,20,24)(H,22,23). The fraction of sp³-hybridized carbons (Fsp3) is 0.579. The number of nitrogens with one attached hydrogen (secondary N) is 1. The zero-order valence-corrected chi connectivity index (χ0v) is 14.2. The van der Waals surface area contributed by atoms with Gasteiger partial charge in [-0.25, -0.2) is 4.79 Å². The molecule has 1 heterocycles. The lowest BCUT2D eigenvalue weighted by molar-refractivity contribution is -0.143. The normalized spacial score (nSPS) is 26.0. The molecule has 3 atom stereocenters. The molecule has 1 saturated heterocycles. The Bertz CT molecular complexity index is 616. The summed E-state index contributed by atoms with van der Waals surface area (Å²) in [5.74, 6) is -0.496. The number of benzene rings is 1. The summed E-state index contributed by atoms with van der Waals surface area (Å²) in [5, 5.41) is 12.2. The summed E-state index contributed by atoms with van der Waals surface area (Å²) in [6, 6.07) is 8.42. The summed E-state index contributed by atoms with van der Waals surface area (Å²) in [6.45, 7) is 3.60. The lowest BCUT2D eigenvalue weighted by Crippen LogP contribution is -2.49. The molecule has 1 aromatic carbocycles. The highest BCUT2D eigenvalue weighted by Gasteiger charge is 2.32. The molecule has 5 nitrogen and oxygen atoms in total. The first-order valence-corrected chi connectivity index (χ1v) is 8.88. The minimum absolute atomic E-state index is 0.126. The van der Waals surface area contributed by atoms with Crippen LogP contribution in [0, 0.1) is 11.8 Å². The number of piperidine rings is 1. The summed E-state index contributed by atoms with van der Waals surface area (Å²) in [6.07, 6.45) is 3.86. The largest absolute Gasteiger partial charge is 0.481 e. The highest BCUT2D eigenvalue weighted by atomic mass is 16.4. The average Bonchev–Trinajstić information content (AvgIpc) is 2.97. The molecule has 3 unspecified atom stereocenters. The smallest absolute Gasteiger partial charge is 0.317 e. The number of carboxylic acids is 1. The maximum absolute atomic E-state index is 12.4. The Labute approximate surface area is 143 Å². The number of hydrogen-bond acceptors (Lipinski definition) is 2. The van der Waals surface area contributed by atoms with Crippen LogP contribution >= 0.6 is 0 Å². The van der Waals surface area contributed by atoms with Gasteiger partial charge in [0.05, 0.1) is 5.92 Å². The van der Waals surface area contributed by atoms with Crippen LogP contribution in [0.4, 0.5) is 4.79 Å². The van der Waals surface area contributed by atoms with Crippen LogP contribution in [-0.4, -0.2) is 41.6 Å². The molecule has 1 fully saturated rings. The van der Waals surface area contributed by atoms with Gasteiger partial charge in [0, 0.05) is 19.6 Å². The first-order valence-electron chi connectivity index (χ1n) is 8.88. The van der Waals surface area contributed by atoms with E-state index >= 15 is 0 Å². The predicted octanol–water partition coefficient (Wildman–Crippen LogP) is 2.86. The molecular weight excluding hydrogens is 304 g/mol. The fourth-order valence-electron chi connectivity index (χ4n) is 4.11. The van der Waals surface area contributed by atoms with Crippen molar-refractivity contribution < 1.29 is 14.7 Å². The van der Waals surface area contributed by atoms with E-state index in [-0.39, 0.29) is 11.9 Å². The highest BCUT2D eigenvalue weighted by molar-refractivity contribution is 5.76. The van der Waals surface area contributed by atoms with Gasteiger partial charge in [-0.2, -0.15) is 0 Å². The number of fused-ring (bicyclic) bond motifs is 1. The molecule has 0 saturated carbocycles. The number of aliphatic carboxylic acids is 1. The zero-order chi connectivity index (χ0) is 17.1. The molecule has 130 valence electrons. The number of rotatable bonds is 4. The van der Waals surface area contributed by atoms with Gasteiger partial charge in [-0.3, -0.25) is 4.79 Å². The number of aryl methyl sites for hydroxylation is 1. The molecule has 5 heteroatoms. The Balaban J connectivity index is 1.48. The fourth-order valence-corrected chi connectivity index (χ4v) is 4.11. The molecule has 2 amide bonds. The van der Waals surface area contributed by atoms with Gasteiger partial charge in [0.15, 0.2) is 0 Å². The summed E-state index contributed by atoms with van der Waals surface area (Å²) >= 11 is 0. The van der Waals surface area contributed by atoms with E-state index < -0.39 is 11.9 Å². The van der Waals surface area contributed by atoms with Gasteiger partial charge in [-0.1, -0.05) is 31.2 Å². The van der Waals surface area contributed by atoms with Crippen molar-refractivity contribution in [1.29, 1.82) is 0 Å². The Hall–Kier alpha value is -2.04. The first kappa shape index (κ1) is 16.8. The van der Waals surface area contributed by atoms with Gasteiger partial charge in [0.25, 0.3) is 0 Å². The molecule has 1 aliphatic carbocycles. The van der Waals surface area contributed by atoms with Crippen LogP contribution in [0.25, 0.3) is 0 Å². The van der Waals surface area contributed by atoms with E-state index in [4.69, 9.17) is 0 Å². The summed E-state index contributed by atoms with van der Waals surface area (Å²) in [5.41, 5.74) is 2.85. The van der Waals surface area contributed by atoms with E-state index in [1.807, 2.05) is 6.92 Å². The second-order valence-corrected chi connectivity index (χ2v) is 7.24. The number of carbonyl (C=O) groups excluding carboxylic acids is 1. The number of amides is 2. The van der Waals surface area contributed by atoms with Gasteiger partial charge in [0.1, 0.15) is 0 Å². The van der Waals surface area contributed by atoms with Crippen molar-refractivity contribution in [2.45, 2.75) is 38.5 Å². The number of carbonyl (C=O) groups is 2. The maximum Gasteiger partial charge on any atom is 0.317 e. The summed E-state index contributed by atoms with van der Waals surface area (Å²) in [4.78, 5) is 25.2. The van der Waals surface area contributed by atoms with Crippen molar-refractivity contribution in [3.05, 3.63) is 35.4 Å². The molecule has 0 spiro atoms. The summed E-state index contributed by atoms with van der Waals surface area (Å²) < 4.78 is 0. The van der Waals surface area contributed by atoms with E-state index in [1.165, 1.54) is 11.1 Å². The van der Waals surface area contributed by atoms with Crippen molar-refractivity contribution in [2.75, 3.05) is 19.6 Å². The lowest BCUT2D eigenvalue weighted by atomic mass is 9.91. The molecule has 2 aliphatic rings. The van der Waals surface area contributed by atoms with E-state index in [0.717, 1.165) is 19.3 Å². The molecule has 2 N–H and O–H groups in total. The third kappa shape index (κ3) is 3.71. The lowest BCUT2D eigenvalue weighted by Gasteiger charge is -2.34. The van der Waals surface area contributed by atoms with Crippen LogP contribution in [0.3, 0.4) is 0 Å². The van der Waals surface area contributed by atoms with Gasteiger partial charge in [-0.05, 0) is 48.6 Å². The number of likely N-dealkylation sites (tertiary alicyclic amines) is 1. The van der Waals surface area contributed by atoms with Crippen LogP contribution in [0.15, 0.2) is 24.3 Å². The highest BCUT2D eigenvalue weighted by Crippen LogP contribution is 2.34. The number of hydrogen-bond donors (Lipinski definition) is 2. The van der Waals surface area contributed by atoms with Crippen LogP contribution in [0.1, 0.15) is 43.2 Å². The molecular formula is C19H26N2O3. The molecule has 0 aromatic heterocycles. The monoisotopic (exact) mass is 330 g/mol. The van der Waals surface area contributed by atoms with Crippen LogP contribution in [0.2, 0.25) is 0 Å². The van der Waals surface area contributed by atoms with E-state index in [9.17, 15) is 14.7 Å². The first-order chi connectivity index (χ1) is 11.5. The molecule has 1 aliphatic heterocycles. The van der Waals surface area contributed by atoms with Crippen LogP contribution in [-0.2, 0) is 11.2 Å². The SMILES string of the molecule is CC1CC(C(=O)O)CN(C(=O)NCCC2CCc3ccccc32)C1. The Morgan fingerprint density at radius 1 is 1.29 bits per heavy atom. The molecule has 0 radical (unpaired) electrons. The van der Waals surface area contributed by atoms with Crippen LogP contribution in [0.5, 0.6) is 0 Å². The number of urea groups is 1. The second-order valence-electron chi connectivity index (χ2n) is 7.24. The van der Waals surface area contributed by atoms with Crippen molar-refractivity contribution in [1.82, 2.24) is 10.2 Å². The summed E-state index contributed by atoms with van der Waals surface area (Å²) in [7, 11) is 0. The van der Waals surface area contributed by atoms with Crippen molar-refractivity contribution >= 4 is 12.0 Å². The van der Waals surface area contributed by atoms with Gasteiger partial charge in [0.2, 0.25) is 0 Å². The van der Waals surface area contributed by atoms with E-state index in [1.54, 1.807) is 4.90 Å². The number of carboxylic acid groups (broad SMARTS) is 1. The van der Waals surface area contributed by atoms with Gasteiger partial charge >= 0.3 is 12.0 Å². The predicted molar refractivity (Wildman–Crippen MR) is 92.0 cm³/mol. The van der Waals surface area contributed by atoms with Crippen molar-refractivity contribution in [3.8, 4) is 0 Å². The molecule has 24 heavy (non-hydrogen) atoms. The Morgan fingerprint density at radius 2 is 2.08 bits per heavy atom. The van der Waals surface area contributed by atoms with Crippen LogP contribution < -0.4 is 5.32 Å². The minimum atomic E-state index is -0.804. The topological polar surface area (TPSA) is 69.6 Å². The maximum atomic E-state index is 12.4. The third-order valence-electron chi connectivity index (χ3n) is 5.32. The Morgan fingerprint density at radius 3 is 2.88 bits per heavy atom. The van der Waals surface area contributed by atoms with Crippen molar-refractivity contribution in [3.63, 3.8) is 0 Å². The second kappa shape index (κ2) is 7.24. The number of nitrogens with zero attached hydrogens (tertiary/aromatic N) is 1. The Kier molecular flexibility index (Phi) is 5.07. The quantitative estimate of drug-likeness (QED) is 0.892. The molecule has 1 aromatic rings. The average molecular weight is 330 g/mol. The zero-order valence-electron chi connectivity index (χ0n) is 14.2. The van der Waals surface area contributed by atoms with E-state index in [0.29, 0.717) is 32.0 Å². The third-order valence-corrected chi connectivity index (χ3v) is 5.32. The van der Waals surface area contributed by atoms with Gasteiger partial charge < -0.3 is 15.3 Å².